The number of rotatable bonds is 11. The number of benzene rings is 2. The maximum Gasteiger partial charge on any atom is 0.336 e. The van der Waals surface area contributed by atoms with Crippen molar-refractivity contribution in [3.63, 3.8) is 0 Å². The SMILES string of the molecule is CNCCOc1ccc(C2C=C(O)c3c(cc(OC4OC(C(=O)O)C(O)(CC5=NC=NC5)C(O)C4O)c(OC)c3O)O2)cc1. The molecule has 3 heterocycles. The molecule has 3 aliphatic heterocycles. The molecular formula is C29H33N3O12. The number of nitrogens with one attached hydrogen (secondary N) is 1. The van der Waals surface area contributed by atoms with Gasteiger partial charge in [-0.05, 0) is 24.7 Å². The highest BCUT2D eigenvalue weighted by atomic mass is 16.7. The molecule has 6 atom stereocenters. The third kappa shape index (κ3) is 5.87. The van der Waals surface area contributed by atoms with E-state index in [4.69, 9.17) is 23.7 Å². The van der Waals surface area contributed by atoms with E-state index in [1.165, 1.54) is 25.6 Å². The van der Waals surface area contributed by atoms with Crippen molar-refractivity contribution in [2.45, 2.75) is 42.7 Å². The van der Waals surface area contributed by atoms with Gasteiger partial charge in [0.05, 0.1) is 13.7 Å². The third-order valence-electron chi connectivity index (χ3n) is 7.43. The summed E-state index contributed by atoms with van der Waals surface area (Å²) in [5, 5.41) is 67.6. The van der Waals surface area contributed by atoms with Crippen molar-refractivity contribution in [1.82, 2.24) is 5.32 Å². The van der Waals surface area contributed by atoms with Crippen LogP contribution in [0.3, 0.4) is 0 Å². The summed E-state index contributed by atoms with van der Waals surface area (Å²) in [4.78, 5) is 19.9. The van der Waals surface area contributed by atoms with E-state index in [1.54, 1.807) is 24.3 Å². The molecule has 0 saturated carbocycles. The Morgan fingerprint density at radius 1 is 1.20 bits per heavy atom. The van der Waals surface area contributed by atoms with Gasteiger partial charge < -0.3 is 59.6 Å². The zero-order valence-electron chi connectivity index (χ0n) is 23.8. The number of carboxylic acids is 1. The highest BCUT2D eigenvalue weighted by molar-refractivity contribution is 5.97. The minimum atomic E-state index is -2.47. The summed E-state index contributed by atoms with van der Waals surface area (Å²) in [6.45, 7) is 1.23. The Balaban J connectivity index is 1.40. The number of aliphatic hydroxyl groups excluding tert-OH is 3. The van der Waals surface area contributed by atoms with Gasteiger partial charge in [0.1, 0.15) is 59.7 Å². The van der Waals surface area contributed by atoms with Crippen molar-refractivity contribution < 1.29 is 59.1 Å². The van der Waals surface area contributed by atoms with E-state index in [2.05, 4.69) is 15.3 Å². The molecule has 0 amide bonds. The quantitative estimate of drug-likeness (QED) is 0.172. The first-order chi connectivity index (χ1) is 21.1. The highest BCUT2D eigenvalue weighted by Gasteiger charge is 2.59. The number of fused-ring (bicyclic) bond motifs is 1. The predicted octanol–water partition coefficient (Wildman–Crippen LogP) is 0.546. The maximum atomic E-state index is 12.1. The zero-order chi connectivity index (χ0) is 31.6. The predicted molar refractivity (Wildman–Crippen MR) is 154 cm³/mol. The fourth-order valence-corrected chi connectivity index (χ4v) is 5.18. The lowest BCUT2D eigenvalue weighted by Gasteiger charge is -2.46. The number of aromatic hydroxyl groups is 1. The van der Waals surface area contributed by atoms with Crippen molar-refractivity contribution in [1.29, 1.82) is 0 Å². The molecule has 2 aromatic carbocycles. The molecule has 0 radical (unpaired) electrons. The van der Waals surface area contributed by atoms with Crippen molar-refractivity contribution in [2.24, 2.45) is 9.98 Å². The molecule has 5 rings (SSSR count). The number of ether oxygens (including phenoxy) is 5. The molecule has 15 heteroatoms. The van der Waals surface area contributed by atoms with Crippen LogP contribution in [0.5, 0.6) is 28.7 Å². The number of hydrogen-bond donors (Lipinski definition) is 7. The van der Waals surface area contributed by atoms with Crippen LogP contribution in [0.1, 0.15) is 23.7 Å². The number of methoxy groups -OCH3 is 1. The fraction of sp³-hybridized carbons (Fsp3) is 0.414. The summed E-state index contributed by atoms with van der Waals surface area (Å²) >= 11 is 0. The Morgan fingerprint density at radius 3 is 2.59 bits per heavy atom. The Kier molecular flexibility index (Phi) is 8.94. The molecule has 0 spiro atoms. The second kappa shape index (κ2) is 12.7. The number of aliphatic hydroxyl groups is 4. The molecule has 15 nitrogen and oxygen atoms in total. The first-order valence-electron chi connectivity index (χ1n) is 13.6. The van der Waals surface area contributed by atoms with Gasteiger partial charge in [-0.2, -0.15) is 0 Å². The summed E-state index contributed by atoms with van der Waals surface area (Å²) in [6, 6.07) is 8.24. The maximum absolute atomic E-state index is 12.1. The third-order valence-corrected chi connectivity index (χ3v) is 7.43. The highest BCUT2D eigenvalue weighted by Crippen LogP contribution is 2.51. The normalized spacial score (nSPS) is 27.5. The smallest absolute Gasteiger partial charge is 0.336 e. The number of phenolic OH excluding ortho intramolecular Hbond substituents is 1. The second-order valence-electron chi connectivity index (χ2n) is 10.3. The Bertz CT molecular complexity index is 1480. The number of aliphatic imine (C=N–C) groups is 2. The Morgan fingerprint density at radius 2 is 1.95 bits per heavy atom. The number of hydrogen-bond acceptors (Lipinski definition) is 14. The van der Waals surface area contributed by atoms with Crippen molar-refractivity contribution in [2.75, 3.05) is 33.9 Å². The largest absolute Gasteiger partial charge is 0.507 e. The lowest BCUT2D eigenvalue weighted by molar-refractivity contribution is -0.303. The molecule has 1 fully saturated rings. The summed E-state index contributed by atoms with van der Waals surface area (Å²) in [5.41, 5.74) is -1.64. The number of nitrogens with zero attached hydrogens (tertiary/aromatic N) is 2. The monoisotopic (exact) mass is 615 g/mol. The van der Waals surface area contributed by atoms with Crippen molar-refractivity contribution >= 4 is 23.8 Å². The number of carboxylic acid groups (broad SMARTS) is 1. The van der Waals surface area contributed by atoms with Crippen LogP contribution in [0.15, 0.2) is 46.4 Å². The summed E-state index contributed by atoms with van der Waals surface area (Å²) in [5.74, 6) is -2.49. The molecule has 3 aliphatic rings. The van der Waals surface area contributed by atoms with Crippen LogP contribution in [0.25, 0.3) is 5.76 Å². The molecule has 7 N–H and O–H groups in total. The molecule has 1 saturated heterocycles. The molecule has 2 aromatic rings. The number of phenols is 1. The first kappa shape index (κ1) is 31.0. The van der Waals surface area contributed by atoms with Crippen LogP contribution in [-0.2, 0) is 9.53 Å². The van der Waals surface area contributed by atoms with Crippen LogP contribution >= 0.6 is 0 Å². The lowest BCUT2D eigenvalue weighted by atomic mass is 9.80. The van der Waals surface area contributed by atoms with Gasteiger partial charge in [0, 0.05) is 30.8 Å². The van der Waals surface area contributed by atoms with E-state index >= 15 is 0 Å². The van der Waals surface area contributed by atoms with Crippen LogP contribution in [0.2, 0.25) is 0 Å². The Labute approximate surface area is 251 Å². The lowest BCUT2D eigenvalue weighted by Crippen LogP contribution is -2.69. The second-order valence-corrected chi connectivity index (χ2v) is 10.3. The molecule has 0 aromatic heterocycles. The molecule has 0 aliphatic carbocycles. The molecule has 236 valence electrons. The van der Waals surface area contributed by atoms with Gasteiger partial charge in [-0.1, -0.05) is 12.1 Å². The van der Waals surface area contributed by atoms with Crippen LogP contribution < -0.4 is 24.3 Å². The summed E-state index contributed by atoms with van der Waals surface area (Å²) in [7, 11) is 3.02. The number of carbonyl (C=O) groups is 1. The minimum absolute atomic E-state index is 0.0333. The fourth-order valence-electron chi connectivity index (χ4n) is 5.18. The van der Waals surface area contributed by atoms with Gasteiger partial charge in [0.25, 0.3) is 0 Å². The van der Waals surface area contributed by atoms with Gasteiger partial charge >= 0.3 is 5.97 Å². The zero-order valence-corrected chi connectivity index (χ0v) is 23.8. The van der Waals surface area contributed by atoms with E-state index in [0.29, 0.717) is 24.5 Å². The molecular weight excluding hydrogens is 582 g/mol. The first-order valence-corrected chi connectivity index (χ1v) is 13.6. The van der Waals surface area contributed by atoms with E-state index < -0.39 is 54.4 Å². The van der Waals surface area contributed by atoms with Gasteiger partial charge in [0.2, 0.25) is 12.0 Å². The van der Waals surface area contributed by atoms with Gasteiger partial charge in [-0.3, -0.25) is 4.99 Å². The Hall–Kier alpha value is -4.41. The average molecular weight is 616 g/mol. The molecule has 0 bridgehead atoms. The van der Waals surface area contributed by atoms with Gasteiger partial charge in [0.15, 0.2) is 17.6 Å². The van der Waals surface area contributed by atoms with E-state index in [9.17, 15) is 35.4 Å². The standard InChI is InChI=1S/C29H33N3O12/c1-30-7-8-41-16-5-3-14(4-6-16)18-9-17(33)21-19(42-18)10-20(24(40-2)22(21)34)43-28-23(35)25(36)29(39,26(44-28)27(37)38)11-15-12-31-13-32-15/h3-6,9-10,13,18,23,25-26,28,30,33-36,39H,7-8,11-12H2,1-2H3,(H,37,38). The van der Waals surface area contributed by atoms with E-state index in [0.717, 1.165) is 0 Å². The molecule has 6 unspecified atom stereocenters. The average Bonchev–Trinajstić information content (AvgIpc) is 3.50. The summed E-state index contributed by atoms with van der Waals surface area (Å²) in [6.07, 6.45) is -6.53. The minimum Gasteiger partial charge on any atom is -0.507 e. The van der Waals surface area contributed by atoms with Crippen molar-refractivity contribution in [3.05, 3.63) is 47.5 Å². The summed E-state index contributed by atoms with van der Waals surface area (Å²) < 4.78 is 28.2. The van der Waals surface area contributed by atoms with Crippen molar-refractivity contribution in [3.8, 4) is 28.7 Å². The van der Waals surface area contributed by atoms with E-state index in [1.807, 2.05) is 7.05 Å². The van der Waals surface area contributed by atoms with Gasteiger partial charge in [-0.25, -0.2) is 9.79 Å². The number of likely N-dealkylation sites (N-methyl/N-ethyl adjacent to an activating group) is 1. The van der Waals surface area contributed by atoms with Crippen LogP contribution in [0, 0.1) is 0 Å². The van der Waals surface area contributed by atoms with E-state index in [-0.39, 0.29) is 40.8 Å². The topological polar surface area (TPSA) is 221 Å². The number of aliphatic carboxylic acids is 1. The van der Waals surface area contributed by atoms with Crippen LogP contribution in [0.4, 0.5) is 0 Å². The molecule has 44 heavy (non-hydrogen) atoms. The van der Waals surface area contributed by atoms with Crippen LogP contribution in [-0.4, -0.2) is 113 Å². The van der Waals surface area contributed by atoms with Gasteiger partial charge in [-0.15, -0.1) is 0 Å².